The van der Waals surface area contributed by atoms with E-state index in [1.165, 1.54) is 23.9 Å². The van der Waals surface area contributed by atoms with Gasteiger partial charge < -0.3 is 4.42 Å². The molecule has 0 fully saturated rings. The summed E-state index contributed by atoms with van der Waals surface area (Å²) in [6.45, 7) is 0. The Morgan fingerprint density at radius 1 is 0.885 bits per heavy atom. The van der Waals surface area contributed by atoms with Crippen molar-refractivity contribution in [1.82, 2.24) is 4.57 Å². The largest absolute Gasteiger partial charge is 0.427 e. The van der Waals surface area contributed by atoms with Gasteiger partial charge in [0.2, 0.25) is 0 Å². The van der Waals surface area contributed by atoms with Crippen molar-refractivity contribution in [3.05, 3.63) is 98.7 Å². The normalized spacial score (nSPS) is 11.0. The van der Waals surface area contributed by atoms with E-state index in [-0.39, 0.29) is 11.0 Å². The van der Waals surface area contributed by atoms with E-state index >= 15 is 0 Å². The van der Waals surface area contributed by atoms with E-state index in [0.717, 1.165) is 14.4 Å². The third kappa shape index (κ3) is 3.07. The Kier molecular flexibility index (Phi) is 4.41. The van der Waals surface area contributed by atoms with Crippen molar-refractivity contribution in [2.45, 2.75) is 9.79 Å². The zero-order valence-electron chi connectivity index (χ0n) is 13.4. The van der Waals surface area contributed by atoms with Gasteiger partial charge in [0.1, 0.15) is 5.58 Å². The highest BCUT2D eigenvalue weighted by atomic mass is 35.5. The van der Waals surface area contributed by atoms with Gasteiger partial charge in [0.25, 0.3) is 5.56 Å². The first-order valence-corrected chi connectivity index (χ1v) is 9.01. The van der Waals surface area contributed by atoms with Gasteiger partial charge in [-0.2, -0.15) is 0 Å². The lowest BCUT2D eigenvalue weighted by Gasteiger charge is -2.11. The van der Waals surface area contributed by atoms with Crippen molar-refractivity contribution >= 4 is 34.3 Å². The van der Waals surface area contributed by atoms with E-state index in [4.69, 9.17) is 16.0 Å². The summed E-state index contributed by atoms with van der Waals surface area (Å²) in [4.78, 5) is 27.2. The average molecular weight is 382 g/mol. The molecule has 4 aromatic rings. The molecule has 0 unspecified atom stereocenters. The van der Waals surface area contributed by atoms with Crippen LogP contribution in [0.4, 0.5) is 0 Å². The van der Waals surface area contributed by atoms with Crippen molar-refractivity contribution < 1.29 is 4.42 Å². The highest BCUT2D eigenvalue weighted by Gasteiger charge is 2.15. The molecule has 1 heterocycles. The number of aromatic nitrogens is 1. The van der Waals surface area contributed by atoms with E-state index in [1.807, 2.05) is 42.5 Å². The molecule has 0 aliphatic heterocycles. The smallest absolute Gasteiger partial charge is 0.409 e. The van der Waals surface area contributed by atoms with Crippen LogP contribution in [0.3, 0.4) is 0 Å². The van der Waals surface area contributed by atoms with E-state index < -0.39 is 11.3 Å². The molecule has 0 N–H and O–H groups in total. The maximum Gasteiger partial charge on any atom is 0.427 e. The van der Waals surface area contributed by atoms with Crippen LogP contribution < -0.4 is 11.3 Å². The minimum Gasteiger partial charge on any atom is -0.409 e. The van der Waals surface area contributed by atoms with Gasteiger partial charge in [0, 0.05) is 14.8 Å². The Morgan fingerprint density at radius 3 is 2.42 bits per heavy atom. The summed E-state index contributed by atoms with van der Waals surface area (Å²) in [6.07, 6.45) is 0. The number of halogens is 1. The molecule has 0 atom stereocenters. The van der Waals surface area contributed by atoms with Crippen LogP contribution in [0, 0.1) is 0 Å². The zero-order chi connectivity index (χ0) is 18.1. The first kappa shape index (κ1) is 16.7. The number of benzene rings is 3. The predicted octanol–water partition coefficient (Wildman–Crippen LogP) is 4.75. The molecule has 0 spiro atoms. The first-order valence-electron chi connectivity index (χ1n) is 7.81. The van der Waals surface area contributed by atoms with Gasteiger partial charge in [-0.25, -0.2) is 9.36 Å². The predicted molar refractivity (Wildman–Crippen MR) is 104 cm³/mol. The van der Waals surface area contributed by atoms with E-state index in [9.17, 15) is 9.59 Å². The van der Waals surface area contributed by atoms with E-state index in [2.05, 4.69) is 0 Å². The number of hydrogen-bond donors (Lipinski definition) is 0. The molecule has 0 aliphatic carbocycles. The molecule has 0 saturated heterocycles. The molecule has 3 aromatic carbocycles. The van der Waals surface area contributed by atoms with Crippen molar-refractivity contribution in [2.75, 3.05) is 0 Å². The molecule has 0 amide bonds. The summed E-state index contributed by atoms with van der Waals surface area (Å²) < 4.78 is 6.37. The van der Waals surface area contributed by atoms with Crippen molar-refractivity contribution in [3.8, 4) is 5.69 Å². The van der Waals surface area contributed by atoms with E-state index in [1.54, 1.807) is 18.2 Å². The quantitative estimate of drug-likeness (QED) is 0.514. The number of rotatable bonds is 3. The third-order valence-corrected chi connectivity index (χ3v) is 5.14. The van der Waals surface area contributed by atoms with Crippen molar-refractivity contribution in [1.29, 1.82) is 0 Å². The Labute approximate surface area is 157 Å². The first-order chi connectivity index (χ1) is 12.6. The molecule has 1 aromatic heterocycles. The Hall–Kier alpha value is -2.76. The van der Waals surface area contributed by atoms with Gasteiger partial charge in [-0.05, 0) is 42.5 Å². The second kappa shape index (κ2) is 6.86. The molecular formula is C20H12ClNO3S. The van der Waals surface area contributed by atoms with E-state index in [0.29, 0.717) is 10.7 Å². The lowest BCUT2D eigenvalue weighted by molar-refractivity contribution is 0.502. The zero-order valence-corrected chi connectivity index (χ0v) is 15.0. The topological polar surface area (TPSA) is 52.2 Å². The van der Waals surface area contributed by atoms with Crippen LogP contribution in [0.25, 0.3) is 16.7 Å². The molecule has 0 radical (unpaired) electrons. The Balaban J connectivity index is 1.94. The molecule has 4 rings (SSSR count). The molecule has 0 bridgehead atoms. The summed E-state index contributed by atoms with van der Waals surface area (Å²) in [7, 11) is 0. The van der Waals surface area contributed by atoms with Gasteiger partial charge in [-0.1, -0.05) is 53.7 Å². The molecule has 0 saturated carbocycles. The van der Waals surface area contributed by atoms with Gasteiger partial charge in [0.05, 0.1) is 11.1 Å². The molecule has 6 heteroatoms. The van der Waals surface area contributed by atoms with Crippen LogP contribution in [0.5, 0.6) is 0 Å². The standard InChI is InChI=1S/C20H12ClNO3S/c21-13-10-11-17-15(12-13)19(23)22(20(24)25-17)16-8-4-5-9-18(16)26-14-6-2-1-3-7-14/h1-12H. The summed E-state index contributed by atoms with van der Waals surface area (Å²) in [6, 6.07) is 21.6. The van der Waals surface area contributed by atoms with Gasteiger partial charge in [-0.15, -0.1) is 0 Å². The van der Waals surface area contributed by atoms with Gasteiger partial charge in [-0.3, -0.25) is 4.79 Å². The highest BCUT2D eigenvalue weighted by Crippen LogP contribution is 2.31. The maximum absolute atomic E-state index is 12.9. The highest BCUT2D eigenvalue weighted by molar-refractivity contribution is 7.99. The van der Waals surface area contributed by atoms with Crippen LogP contribution in [-0.2, 0) is 0 Å². The molecule has 0 aliphatic rings. The Morgan fingerprint density at radius 2 is 1.62 bits per heavy atom. The summed E-state index contributed by atoms with van der Waals surface area (Å²) in [5.74, 6) is -0.731. The van der Waals surface area contributed by atoms with Crippen LogP contribution in [0.15, 0.2) is 96.6 Å². The molecule has 4 nitrogen and oxygen atoms in total. The number of hydrogen-bond acceptors (Lipinski definition) is 4. The Bertz CT molecular complexity index is 1220. The maximum atomic E-state index is 12.9. The SMILES string of the molecule is O=c1oc2ccc(Cl)cc2c(=O)n1-c1ccccc1Sc1ccccc1. The van der Waals surface area contributed by atoms with Crippen LogP contribution >= 0.6 is 23.4 Å². The van der Waals surface area contributed by atoms with Crippen LogP contribution in [-0.4, -0.2) is 4.57 Å². The number of nitrogens with zero attached hydrogens (tertiary/aromatic N) is 1. The molecule has 128 valence electrons. The summed E-state index contributed by atoms with van der Waals surface area (Å²) in [5, 5.41) is 0.665. The molecule has 26 heavy (non-hydrogen) atoms. The van der Waals surface area contributed by atoms with Crippen LogP contribution in [0.1, 0.15) is 0 Å². The van der Waals surface area contributed by atoms with Crippen molar-refractivity contribution in [2.24, 2.45) is 0 Å². The fourth-order valence-corrected chi connectivity index (χ4v) is 3.78. The fraction of sp³-hybridized carbons (Fsp3) is 0. The van der Waals surface area contributed by atoms with Crippen LogP contribution in [0.2, 0.25) is 5.02 Å². The van der Waals surface area contributed by atoms with Crippen molar-refractivity contribution in [3.63, 3.8) is 0 Å². The monoisotopic (exact) mass is 381 g/mol. The number of para-hydroxylation sites is 1. The lowest BCUT2D eigenvalue weighted by atomic mass is 10.2. The second-order valence-corrected chi connectivity index (χ2v) is 7.08. The fourth-order valence-electron chi connectivity index (χ4n) is 2.65. The van der Waals surface area contributed by atoms with Gasteiger partial charge >= 0.3 is 5.76 Å². The summed E-state index contributed by atoms with van der Waals surface area (Å²) >= 11 is 7.46. The minimum absolute atomic E-state index is 0.217. The lowest BCUT2D eigenvalue weighted by Crippen LogP contribution is -2.31. The molecular weight excluding hydrogens is 370 g/mol. The minimum atomic E-state index is -0.731. The third-order valence-electron chi connectivity index (χ3n) is 3.83. The summed E-state index contributed by atoms with van der Waals surface area (Å²) in [5.41, 5.74) is 0.232. The van der Waals surface area contributed by atoms with Gasteiger partial charge in [0.15, 0.2) is 0 Å². The second-order valence-electron chi connectivity index (χ2n) is 5.53. The number of fused-ring (bicyclic) bond motifs is 1. The average Bonchev–Trinajstić information content (AvgIpc) is 2.65.